The maximum Gasteiger partial charge on any atom is 1.00 e. The summed E-state index contributed by atoms with van der Waals surface area (Å²) in [6.07, 6.45) is 0. The number of halogens is 12. The summed E-state index contributed by atoms with van der Waals surface area (Å²) >= 11 is 0. The van der Waals surface area contributed by atoms with Crippen molar-refractivity contribution >= 4 is 37.5 Å². The molecule has 0 aliphatic carbocycles. The Bertz CT molecular complexity index is 618. The molecule has 2 radical (unpaired) electrons. The minimum atomic E-state index is -3.67. The van der Waals surface area contributed by atoms with E-state index >= 15 is 0 Å². The van der Waals surface area contributed by atoms with E-state index in [0.29, 0.717) is 11.9 Å². The van der Waals surface area contributed by atoms with Crippen LogP contribution in [0.2, 0.25) is 0 Å². The molecule has 0 saturated heterocycles. The van der Waals surface area contributed by atoms with Crippen LogP contribution in [0.15, 0.2) is 0 Å². The van der Waals surface area contributed by atoms with E-state index in [-0.39, 0.29) is 162 Å². The SMILES string of the molecule is C.CCOCC.CCOCC.CCOCC.CCOCC.FB(F)F.FB(F)F.F[B-]F.N#CB(F)F.N#CB(F)F.N#CC#N.[C-]#N.[C-]#N.[K+].[K+].[K+]. The maximum atomic E-state index is 10.4. The molecule has 0 aromatic rings. The summed E-state index contributed by atoms with van der Waals surface area (Å²) in [4.78, 5) is 0. The summed E-state index contributed by atoms with van der Waals surface area (Å²) in [5.74, 6) is 1.39. The van der Waals surface area contributed by atoms with Gasteiger partial charge in [-0.15, -0.1) is 0 Å². The van der Waals surface area contributed by atoms with Crippen LogP contribution in [-0.2, 0) is 18.9 Å². The molecule has 292 valence electrons. The van der Waals surface area contributed by atoms with Crippen molar-refractivity contribution in [3.05, 3.63) is 13.1 Å². The van der Waals surface area contributed by atoms with Gasteiger partial charge in [0.05, 0.1) is 11.9 Å². The first-order valence-corrected chi connectivity index (χ1v) is 12.8. The fraction of sp³-hybridized carbons (Fsp3) is 0.739. The van der Waals surface area contributed by atoms with Crippen molar-refractivity contribution < 1.29 is 225 Å². The van der Waals surface area contributed by atoms with Crippen molar-refractivity contribution in [3.63, 3.8) is 0 Å². The van der Waals surface area contributed by atoms with Crippen LogP contribution in [0.5, 0.6) is 0 Å². The molecule has 0 N–H and O–H groups in total. The zero-order valence-electron chi connectivity index (χ0n) is 31.4. The molecule has 10 nitrogen and oxygen atoms in total. The first-order chi connectivity index (χ1) is 23.0. The Morgan fingerprint density at radius 1 is 0.434 bits per heavy atom. The molecule has 0 spiro atoms. The number of nitrogens with zero attached hydrogens (tertiary/aromatic N) is 6. The van der Waals surface area contributed by atoms with Gasteiger partial charge in [0.1, 0.15) is 7.83 Å². The van der Waals surface area contributed by atoms with Crippen LogP contribution in [0.1, 0.15) is 62.8 Å². The van der Waals surface area contributed by atoms with Gasteiger partial charge in [-0.1, -0.05) is 7.43 Å². The molecule has 0 heterocycles. The summed E-state index contributed by atoms with van der Waals surface area (Å²) < 4.78 is 138. The van der Waals surface area contributed by atoms with Crippen molar-refractivity contribution in [1.82, 2.24) is 0 Å². The third-order valence-electron chi connectivity index (χ3n) is 1.88. The zero-order chi connectivity index (χ0) is 42.3. The minimum Gasteiger partial charge on any atom is -0.554 e. The molecule has 0 unspecified atom stereocenters. The molecular weight excluding hydrogens is 824 g/mol. The molecule has 0 saturated carbocycles. The normalized spacial score (nSPS) is 5.89. The van der Waals surface area contributed by atoms with Crippen LogP contribution < -0.4 is 154 Å². The van der Waals surface area contributed by atoms with Crippen LogP contribution in [0.4, 0.5) is 51.8 Å². The Labute approximate surface area is 439 Å². The third kappa shape index (κ3) is 693. The monoisotopic (exact) mass is 868 g/mol. The maximum absolute atomic E-state index is 10.4. The largest absolute Gasteiger partial charge is 1.00 e. The smallest absolute Gasteiger partial charge is 0.554 e. The van der Waals surface area contributed by atoms with E-state index in [9.17, 15) is 51.8 Å². The number of hydrogen-bond acceptors (Lipinski definition) is 10. The number of nitriles is 4. The second-order valence-electron chi connectivity index (χ2n) is 4.79. The Balaban J connectivity index is -0.0000000202. The minimum absolute atomic E-state index is 0. The zero-order valence-corrected chi connectivity index (χ0v) is 40.8. The van der Waals surface area contributed by atoms with Gasteiger partial charge in [0, 0.05) is 52.9 Å². The number of hydrogen-bond donors (Lipinski definition) is 0. The third-order valence-corrected chi connectivity index (χ3v) is 1.88. The Morgan fingerprint density at radius 2 is 0.509 bits per heavy atom. The fourth-order valence-corrected chi connectivity index (χ4v) is 0.816. The predicted molar refractivity (Wildman–Crippen MR) is 170 cm³/mol. The van der Waals surface area contributed by atoms with E-state index in [1.54, 1.807) is 0 Å². The van der Waals surface area contributed by atoms with Gasteiger partial charge in [-0.05, 0) is 55.4 Å². The van der Waals surface area contributed by atoms with Gasteiger partial charge in [-0.25, -0.2) is 10.5 Å². The molecule has 0 aromatic carbocycles. The van der Waals surface area contributed by atoms with Crippen LogP contribution >= 0.6 is 0 Å². The summed E-state index contributed by atoms with van der Waals surface area (Å²) in [7, 11) is -14.0. The Kier molecular flexibility index (Phi) is 315. The van der Waals surface area contributed by atoms with Crippen LogP contribution in [0.25, 0.3) is 0 Å². The molecule has 0 aliphatic heterocycles. The second-order valence-corrected chi connectivity index (χ2v) is 4.79. The van der Waals surface area contributed by atoms with Crippen LogP contribution in [-0.4, -0.2) is 90.3 Å². The fourth-order valence-electron chi connectivity index (χ4n) is 0.816. The number of ether oxygens (including phenoxy) is 4. The standard InChI is InChI=1S/4C4H10O.C2N2.2CBF2N.2CN.CH4.2BF3.BF2.3K/c4*1-3-5-4-2;3-1-2-4;2*3-2(4)1-5;2*1-2;;2*2-1(3)4;2-1-3;;;/h4*3-4H2,1-2H3;;;;;;1H4;;;;;;/q;;;;;;;2*-1;;;;-1;3*+1. The van der Waals surface area contributed by atoms with E-state index < -0.39 is 37.5 Å². The van der Waals surface area contributed by atoms with Gasteiger partial charge in [0.2, 0.25) is 0 Å². The van der Waals surface area contributed by atoms with Gasteiger partial charge in [0.25, 0.3) is 0 Å². The van der Waals surface area contributed by atoms with Crippen LogP contribution in [0, 0.1) is 68.8 Å². The molecule has 0 amide bonds. The van der Waals surface area contributed by atoms with Crippen molar-refractivity contribution in [3.8, 4) is 24.1 Å². The van der Waals surface area contributed by atoms with E-state index in [1.165, 1.54) is 12.1 Å². The van der Waals surface area contributed by atoms with Crippen LogP contribution in [0.3, 0.4) is 0 Å². The molecule has 53 heavy (non-hydrogen) atoms. The quantitative estimate of drug-likeness (QED) is 0.171. The van der Waals surface area contributed by atoms with Crippen molar-refractivity contribution in [2.24, 2.45) is 0 Å². The summed E-state index contributed by atoms with van der Waals surface area (Å²) in [6, 6.07) is 2.47. The van der Waals surface area contributed by atoms with Crippen molar-refractivity contribution in [1.29, 1.82) is 31.6 Å². The van der Waals surface area contributed by atoms with Gasteiger partial charge < -0.3 is 51.2 Å². The summed E-state index contributed by atoms with van der Waals surface area (Å²) in [5.41, 5.74) is 0. The van der Waals surface area contributed by atoms with Gasteiger partial charge >= 0.3 is 184 Å². The van der Waals surface area contributed by atoms with Gasteiger partial charge in [-0.3, -0.25) is 43.2 Å². The number of rotatable bonds is 8. The predicted octanol–water partition coefficient (Wildman–Crippen LogP) is -0.782. The molecule has 0 aliphatic rings. The Hall–Kier alpha value is 1.17. The molecule has 30 heteroatoms. The first kappa shape index (κ1) is 105. The molecule has 0 atom stereocenters. The van der Waals surface area contributed by atoms with E-state index in [0.717, 1.165) is 52.9 Å². The molecule has 0 rings (SSSR count). The van der Waals surface area contributed by atoms with Gasteiger partial charge in [-0.2, -0.15) is 10.5 Å². The van der Waals surface area contributed by atoms with Crippen molar-refractivity contribution in [2.45, 2.75) is 62.8 Å². The van der Waals surface area contributed by atoms with E-state index in [1.807, 2.05) is 55.4 Å². The first-order valence-electron chi connectivity index (χ1n) is 12.8. The van der Waals surface area contributed by atoms with E-state index in [2.05, 4.69) is 0 Å². The Morgan fingerprint density at radius 3 is 0.509 bits per heavy atom. The average Bonchev–Trinajstić information content (AvgIpc) is 3.06. The summed E-state index contributed by atoms with van der Waals surface area (Å²) in [5, 5.41) is 41.3. The van der Waals surface area contributed by atoms with Gasteiger partial charge in [0.15, 0.2) is 12.1 Å². The molecule has 0 bridgehead atoms. The second kappa shape index (κ2) is 159. The molecule has 0 fully saturated rings. The summed E-state index contributed by atoms with van der Waals surface area (Å²) in [6.45, 7) is 32.2. The topological polar surface area (TPSA) is 180 Å². The molecular formula is C23H44B5F12K3N6O4. The average molecular weight is 868 g/mol. The van der Waals surface area contributed by atoms with Crippen molar-refractivity contribution in [2.75, 3.05) is 52.9 Å². The van der Waals surface area contributed by atoms with E-state index in [4.69, 9.17) is 63.7 Å². The molecule has 0 aromatic heterocycles.